The molecule has 1 rings (SSSR count). The van der Waals surface area contributed by atoms with Gasteiger partial charge in [-0.15, -0.1) is 0 Å². The molecule has 2 heteroatoms. The summed E-state index contributed by atoms with van der Waals surface area (Å²) in [6.07, 6.45) is 1.01. The molecule has 0 saturated heterocycles. The summed E-state index contributed by atoms with van der Waals surface area (Å²) in [7, 11) is 0. The first-order valence-electron chi connectivity index (χ1n) is 6.00. The van der Waals surface area contributed by atoms with Gasteiger partial charge in [0.05, 0.1) is 0 Å². The van der Waals surface area contributed by atoms with Crippen LogP contribution in [0.4, 0.5) is 5.69 Å². The Kier molecular flexibility index (Phi) is 4.36. The molecular weight excluding hydrogens is 196 g/mol. The van der Waals surface area contributed by atoms with Gasteiger partial charge in [-0.3, -0.25) is 0 Å². The standard InChI is InChI=1S/C14H24N2/c1-11-6-7-12(14(2,3)4)10-13(11)16-9-5-8-15/h6-7,10,16H,5,8-9,15H2,1-4H3. The molecule has 0 unspecified atom stereocenters. The maximum atomic E-state index is 5.49. The first-order valence-corrected chi connectivity index (χ1v) is 6.00. The Morgan fingerprint density at radius 1 is 1.25 bits per heavy atom. The number of nitrogens with one attached hydrogen (secondary N) is 1. The van der Waals surface area contributed by atoms with Crippen molar-refractivity contribution >= 4 is 5.69 Å². The maximum absolute atomic E-state index is 5.49. The molecule has 1 aromatic rings. The Balaban J connectivity index is 2.83. The normalized spacial score (nSPS) is 11.6. The Morgan fingerprint density at radius 3 is 2.50 bits per heavy atom. The summed E-state index contributed by atoms with van der Waals surface area (Å²) >= 11 is 0. The first kappa shape index (κ1) is 13.0. The van der Waals surface area contributed by atoms with Crippen LogP contribution in [0.5, 0.6) is 0 Å². The summed E-state index contributed by atoms with van der Waals surface area (Å²) in [5.74, 6) is 0. The fourth-order valence-electron chi connectivity index (χ4n) is 1.60. The van der Waals surface area contributed by atoms with Crippen LogP contribution >= 0.6 is 0 Å². The third-order valence-corrected chi connectivity index (χ3v) is 2.80. The molecule has 3 N–H and O–H groups in total. The van der Waals surface area contributed by atoms with Crippen LogP contribution in [0.25, 0.3) is 0 Å². The first-order chi connectivity index (χ1) is 7.45. The molecule has 16 heavy (non-hydrogen) atoms. The Morgan fingerprint density at radius 2 is 1.94 bits per heavy atom. The lowest BCUT2D eigenvalue weighted by atomic mass is 9.86. The molecule has 0 radical (unpaired) electrons. The fraction of sp³-hybridized carbons (Fsp3) is 0.571. The van der Waals surface area contributed by atoms with Crippen LogP contribution < -0.4 is 11.1 Å². The van der Waals surface area contributed by atoms with Gasteiger partial charge in [0.15, 0.2) is 0 Å². The number of benzene rings is 1. The lowest BCUT2D eigenvalue weighted by Gasteiger charge is -2.21. The lowest BCUT2D eigenvalue weighted by Crippen LogP contribution is -2.13. The van der Waals surface area contributed by atoms with Gasteiger partial charge >= 0.3 is 0 Å². The average molecular weight is 220 g/mol. The van der Waals surface area contributed by atoms with Crippen LogP contribution in [-0.4, -0.2) is 13.1 Å². The second-order valence-electron chi connectivity index (χ2n) is 5.35. The molecule has 0 saturated carbocycles. The molecule has 0 aliphatic carbocycles. The molecule has 0 spiro atoms. The van der Waals surface area contributed by atoms with Crippen LogP contribution in [0.15, 0.2) is 18.2 Å². The molecule has 2 nitrogen and oxygen atoms in total. The van der Waals surface area contributed by atoms with Crippen molar-refractivity contribution in [1.29, 1.82) is 0 Å². The van der Waals surface area contributed by atoms with E-state index in [0.29, 0.717) is 0 Å². The monoisotopic (exact) mass is 220 g/mol. The molecule has 0 aliphatic rings. The van der Waals surface area contributed by atoms with Gasteiger partial charge in [-0.25, -0.2) is 0 Å². The van der Waals surface area contributed by atoms with Gasteiger partial charge in [-0.1, -0.05) is 32.9 Å². The van der Waals surface area contributed by atoms with Crippen molar-refractivity contribution in [2.45, 2.75) is 39.5 Å². The third kappa shape index (κ3) is 3.53. The van der Waals surface area contributed by atoms with Gasteiger partial charge in [0.25, 0.3) is 0 Å². The van der Waals surface area contributed by atoms with Crippen molar-refractivity contribution in [3.8, 4) is 0 Å². The van der Waals surface area contributed by atoms with E-state index in [1.54, 1.807) is 0 Å². The SMILES string of the molecule is Cc1ccc(C(C)(C)C)cc1NCCCN. The highest BCUT2D eigenvalue weighted by Gasteiger charge is 2.14. The Bertz CT molecular complexity index is 337. The molecule has 0 heterocycles. The van der Waals surface area contributed by atoms with Gasteiger partial charge in [0, 0.05) is 12.2 Å². The van der Waals surface area contributed by atoms with Gasteiger partial charge in [-0.05, 0) is 42.5 Å². The molecule has 1 aromatic carbocycles. The van der Waals surface area contributed by atoms with Crippen molar-refractivity contribution in [3.63, 3.8) is 0 Å². The summed E-state index contributed by atoms with van der Waals surface area (Å²) in [5, 5.41) is 3.45. The summed E-state index contributed by atoms with van der Waals surface area (Å²) < 4.78 is 0. The minimum absolute atomic E-state index is 0.206. The summed E-state index contributed by atoms with van der Waals surface area (Å²) in [4.78, 5) is 0. The highest BCUT2D eigenvalue weighted by Crippen LogP contribution is 2.26. The Labute approximate surface area is 99.2 Å². The van der Waals surface area contributed by atoms with Crippen LogP contribution in [0, 0.1) is 6.92 Å². The second kappa shape index (κ2) is 5.35. The van der Waals surface area contributed by atoms with Crippen LogP contribution in [0.1, 0.15) is 38.3 Å². The zero-order chi connectivity index (χ0) is 12.2. The molecule has 0 aromatic heterocycles. The number of nitrogens with two attached hydrogens (primary N) is 1. The number of rotatable bonds is 4. The molecule has 0 fully saturated rings. The molecule has 0 atom stereocenters. The lowest BCUT2D eigenvalue weighted by molar-refractivity contribution is 0.590. The van der Waals surface area contributed by atoms with Gasteiger partial charge in [-0.2, -0.15) is 0 Å². The predicted octanol–water partition coefficient (Wildman–Crippen LogP) is 3.05. The highest BCUT2D eigenvalue weighted by molar-refractivity contribution is 5.53. The van der Waals surface area contributed by atoms with Crippen LogP contribution in [-0.2, 0) is 5.41 Å². The fourth-order valence-corrected chi connectivity index (χ4v) is 1.60. The van der Waals surface area contributed by atoms with E-state index in [0.717, 1.165) is 19.5 Å². The zero-order valence-corrected chi connectivity index (χ0v) is 10.9. The van der Waals surface area contributed by atoms with E-state index in [1.807, 2.05) is 0 Å². The van der Waals surface area contributed by atoms with E-state index in [1.165, 1.54) is 16.8 Å². The predicted molar refractivity (Wildman–Crippen MR) is 72.0 cm³/mol. The number of aryl methyl sites for hydroxylation is 1. The van der Waals surface area contributed by atoms with Crippen molar-refractivity contribution in [1.82, 2.24) is 0 Å². The van der Waals surface area contributed by atoms with Gasteiger partial charge in [0.2, 0.25) is 0 Å². The highest BCUT2D eigenvalue weighted by atomic mass is 14.9. The summed E-state index contributed by atoms with van der Waals surface area (Å²) in [5.41, 5.74) is 9.60. The molecule has 0 amide bonds. The largest absolute Gasteiger partial charge is 0.385 e. The average Bonchev–Trinajstić information content (AvgIpc) is 2.19. The summed E-state index contributed by atoms with van der Waals surface area (Å²) in [6, 6.07) is 6.65. The smallest absolute Gasteiger partial charge is 0.0372 e. The van der Waals surface area contributed by atoms with E-state index in [4.69, 9.17) is 5.73 Å². The molecule has 0 aliphatic heterocycles. The summed E-state index contributed by atoms with van der Waals surface area (Å²) in [6.45, 7) is 10.5. The van der Waals surface area contributed by atoms with Crippen molar-refractivity contribution in [3.05, 3.63) is 29.3 Å². The van der Waals surface area contributed by atoms with E-state index in [-0.39, 0.29) is 5.41 Å². The minimum atomic E-state index is 0.206. The van der Waals surface area contributed by atoms with Crippen LogP contribution in [0.3, 0.4) is 0 Å². The maximum Gasteiger partial charge on any atom is 0.0372 e. The molecule has 0 bridgehead atoms. The number of hydrogen-bond donors (Lipinski definition) is 2. The van der Waals surface area contributed by atoms with Crippen molar-refractivity contribution < 1.29 is 0 Å². The Hall–Kier alpha value is -1.02. The number of anilines is 1. The quantitative estimate of drug-likeness (QED) is 0.765. The second-order valence-corrected chi connectivity index (χ2v) is 5.35. The molecular formula is C14H24N2. The van der Waals surface area contributed by atoms with E-state index in [2.05, 4.69) is 51.2 Å². The molecule has 90 valence electrons. The van der Waals surface area contributed by atoms with E-state index >= 15 is 0 Å². The minimum Gasteiger partial charge on any atom is -0.385 e. The van der Waals surface area contributed by atoms with Crippen molar-refractivity contribution in [2.24, 2.45) is 5.73 Å². The van der Waals surface area contributed by atoms with E-state index < -0.39 is 0 Å². The third-order valence-electron chi connectivity index (χ3n) is 2.80. The number of hydrogen-bond acceptors (Lipinski definition) is 2. The topological polar surface area (TPSA) is 38.0 Å². The van der Waals surface area contributed by atoms with Gasteiger partial charge < -0.3 is 11.1 Å². The zero-order valence-electron chi connectivity index (χ0n) is 10.9. The van der Waals surface area contributed by atoms with Gasteiger partial charge in [0.1, 0.15) is 0 Å². The van der Waals surface area contributed by atoms with Crippen molar-refractivity contribution in [2.75, 3.05) is 18.4 Å². The van der Waals surface area contributed by atoms with Crippen LogP contribution in [0.2, 0.25) is 0 Å². The van der Waals surface area contributed by atoms with E-state index in [9.17, 15) is 0 Å².